The number of amides is 1. The van der Waals surface area contributed by atoms with E-state index in [-0.39, 0.29) is 30.0 Å². The van der Waals surface area contributed by atoms with Gasteiger partial charge in [-0.3, -0.25) is 4.79 Å². The molecule has 2 aromatic carbocycles. The van der Waals surface area contributed by atoms with E-state index in [9.17, 15) is 9.90 Å². The molecule has 1 aromatic heterocycles. The van der Waals surface area contributed by atoms with Gasteiger partial charge in [-0.2, -0.15) is 0 Å². The van der Waals surface area contributed by atoms with E-state index in [1.165, 1.54) is 0 Å². The van der Waals surface area contributed by atoms with Crippen LogP contribution in [0.4, 0.5) is 0 Å². The van der Waals surface area contributed by atoms with Gasteiger partial charge in [0.15, 0.2) is 0 Å². The van der Waals surface area contributed by atoms with Crippen molar-refractivity contribution in [1.29, 1.82) is 0 Å². The Kier molecular flexibility index (Phi) is 5.09. The molecule has 0 bridgehead atoms. The summed E-state index contributed by atoms with van der Waals surface area (Å²) >= 11 is 0. The van der Waals surface area contributed by atoms with Crippen molar-refractivity contribution in [2.45, 2.75) is 44.6 Å². The van der Waals surface area contributed by atoms with Gasteiger partial charge >= 0.3 is 0 Å². The number of H-pyrrole nitrogens is 1. The standard InChI is InChI=1S/C25H28N2O3/c1-2-19-18(13-23(28)21-12-17-10-6-7-11-20(17)26-21)14-24(29)27-22(15-30-25(19)27)16-8-4-3-5-9-16/h3-12,18-19,22-23,25-26,28H,2,13-15H2,1H3/t18-,19-,22-,23-,25+/m0/s1. The van der Waals surface area contributed by atoms with Crippen LogP contribution in [0.3, 0.4) is 0 Å². The molecule has 5 heteroatoms. The van der Waals surface area contributed by atoms with Gasteiger partial charge in [0.05, 0.1) is 18.8 Å². The molecule has 0 unspecified atom stereocenters. The third kappa shape index (κ3) is 3.32. The number of benzene rings is 2. The van der Waals surface area contributed by atoms with Gasteiger partial charge in [0, 0.05) is 23.5 Å². The molecule has 2 fully saturated rings. The lowest BCUT2D eigenvalue weighted by Crippen LogP contribution is -2.50. The summed E-state index contributed by atoms with van der Waals surface area (Å²) in [4.78, 5) is 18.4. The third-order valence-corrected chi connectivity index (χ3v) is 6.82. The first-order chi connectivity index (χ1) is 14.7. The zero-order valence-electron chi connectivity index (χ0n) is 17.2. The van der Waals surface area contributed by atoms with Gasteiger partial charge in [-0.15, -0.1) is 0 Å². The lowest BCUT2D eigenvalue weighted by Gasteiger charge is -2.42. The molecule has 2 saturated heterocycles. The molecule has 0 radical (unpaired) electrons. The smallest absolute Gasteiger partial charge is 0.225 e. The molecule has 2 aliphatic rings. The maximum atomic E-state index is 13.1. The molecule has 156 valence electrons. The summed E-state index contributed by atoms with van der Waals surface area (Å²) in [6, 6.07) is 20.2. The van der Waals surface area contributed by atoms with Gasteiger partial charge in [-0.1, -0.05) is 55.5 Å². The van der Waals surface area contributed by atoms with Crippen LogP contribution < -0.4 is 0 Å². The Bertz CT molecular complexity index is 998. The maximum Gasteiger partial charge on any atom is 0.225 e. The summed E-state index contributed by atoms with van der Waals surface area (Å²) in [6.07, 6.45) is 1.10. The number of piperidine rings is 1. The Morgan fingerprint density at radius 3 is 2.70 bits per heavy atom. The summed E-state index contributed by atoms with van der Waals surface area (Å²) in [5.41, 5.74) is 2.96. The molecule has 30 heavy (non-hydrogen) atoms. The lowest BCUT2D eigenvalue weighted by molar-refractivity contribution is -0.154. The summed E-state index contributed by atoms with van der Waals surface area (Å²) in [5, 5.41) is 12.0. The number of ether oxygens (including phenoxy) is 1. The van der Waals surface area contributed by atoms with E-state index in [1.54, 1.807) is 0 Å². The van der Waals surface area contributed by atoms with Crippen LogP contribution in [0.1, 0.15) is 49.6 Å². The molecule has 3 heterocycles. The molecule has 2 aliphatic heterocycles. The van der Waals surface area contributed by atoms with Crippen molar-refractivity contribution in [2.75, 3.05) is 6.61 Å². The molecule has 5 rings (SSSR count). The zero-order valence-corrected chi connectivity index (χ0v) is 17.2. The van der Waals surface area contributed by atoms with Crippen LogP contribution in [0.2, 0.25) is 0 Å². The number of aliphatic hydroxyl groups is 1. The lowest BCUT2D eigenvalue weighted by atomic mass is 9.78. The monoisotopic (exact) mass is 404 g/mol. The Morgan fingerprint density at radius 1 is 1.17 bits per heavy atom. The van der Waals surface area contributed by atoms with Crippen molar-refractivity contribution in [1.82, 2.24) is 9.88 Å². The summed E-state index contributed by atoms with van der Waals surface area (Å²) < 4.78 is 6.18. The largest absolute Gasteiger partial charge is 0.387 e. The van der Waals surface area contributed by atoms with Crippen molar-refractivity contribution >= 4 is 16.8 Å². The van der Waals surface area contributed by atoms with Gasteiger partial charge in [0.1, 0.15) is 6.23 Å². The van der Waals surface area contributed by atoms with Crippen LogP contribution in [-0.4, -0.2) is 33.7 Å². The number of carbonyl (C=O) groups excluding carboxylic acids is 1. The Labute approximate surface area is 176 Å². The van der Waals surface area contributed by atoms with E-state index < -0.39 is 6.10 Å². The van der Waals surface area contributed by atoms with Crippen molar-refractivity contribution in [2.24, 2.45) is 11.8 Å². The maximum absolute atomic E-state index is 13.1. The average molecular weight is 405 g/mol. The van der Waals surface area contributed by atoms with Crippen LogP contribution in [-0.2, 0) is 9.53 Å². The van der Waals surface area contributed by atoms with Crippen molar-refractivity contribution in [3.05, 3.63) is 71.9 Å². The predicted molar refractivity (Wildman–Crippen MR) is 116 cm³/mol. The first kappa shape index (κ1) is 19.3. The molecule has 3 aromatic rings. The number of para-hydroxylation sites is 1. The molecule has 1 amide bonds. The fourth-order valence-corrected chi connectivity index (χ4v) is 5.30. The minimum Gasteiger partial charge on any atom is -0.387 e. The van der Waals surface area contributed by atoms with E-state index in [1.807, 2.05) is 53.4 Å². The third-order valence-electron chi connectivity index (χ3n) is 6.82. The fraction of sp³-hybridized carbons (Fsp3) is 0.400. The number of rotatable bonds is 5. The van der Waals surface area contributed by atoms with Gasteiger partial charge in [0.2, 0.25) is 5.91 Å². The van der Waals surface area contributed by atoms with Crippen molar-refractivity contribution in [3.8, 4) is 0 Å². The number of hydrogen-bond donors (Lipinski definition) is 2. The number of hydrogen-bond acceptors (Lipinski definition) is 3. The highest BCUT2D eigenvalue weighted by molar-refractivity contribution is 5.80. The molecule has 2 N–H and O–H groups in total. The molecule has 5 atom stereocenters. The summed E-state index contributed by atoms with van der Waals surface area (Å²) in [6.45, 7) is 2.69. The van der Waals surface area contributed by atoms with Gasteiger partial charge in [-0.05, 0) is 41.8 Å². The Morgan fingerprint density at radius 2 is 1.93 bits per heavy atom. The Hall–Kier alpha value is -2.63. The van der Waals surface area contributed by atoms with E-state index in [0.717, 1.165) is 28.6 Å². The van der Waals surface area contributed by atoms with E-state index in [0.29, 0.717) is 19.4 Å². The second kappa shape index (κ2) is 7.89. The number of nitrogens with one attached hydrogen (secondary N) is 1. The minimum absolute atomic E-state index is 0.0164. The second-order valence-corrected chi connectivity index (χ2v) is 8.55. The fourth-order valence-electron chi connectivity index (χ4n) is 5.30. The SMILES string of the molecule is CC[C@H]1[C@@H](C[C@H](O)c2cc3ccccc3[nH]2)CC(=O)N2[C@@H]1OC[C@H]2c1ccccc1. The van der Waals surface area contributed by atoms with Crippen molar-refractivity contribution < 1.29 is 14.6 Å². The minimum atomic E-state index is -0.623. The molecular weight excluding hydrogens is 376 g/mol. The quantitative estimate of drug-likeness (QED) is 0.655. The number of carbonyl (C=O) groups is 1. The van der Waals surface area contributed by atoms with Gasteiger partial charge in [0.25, 0.3) is 0 Å². The van der Waals surface area contributed by atoms with E-state index >= 15 is 0 Å². The first-order valence-electron chi connectivity index (χ1n) is 10.9. The number of nitrogens with zero attached hydrogens (tertiary/aromatic N) is 1. The zero-order chi connectivity index (χ0) is 20.7. The van der Waals surface area contributed by atoms with Crippen molar-refractivity contribution in [3.63, 3.8) is 0 Å². The molecule has 5 nitrogen and oxygen atoms in total. The molecular formula is C25H28N2O3. The van der Waals surface area contributed by atoms with Crippen LogP contribution in [0.15, 0.2) is 60.7 Å². The molecule has 0 saturated carbocycles. The Balaban J connectivity index is 1.35. The number of aromatic amines is 1. The highest BCUT2D eigenvalue weighted by Gasteiger charge is 2.49. The van der Waals surface area contributed by atoms with Crippen LogP contribution in [0.25, 0.3) is 10.9 Å². The van der Waals surface area contributed by atoms with Crippen LogP contribution in [0, 0.1) is 11.8 Å². The van der Waals surface area contributed by atoms with Crippen LogP contribution >= 0.6 is 0 Å². The topological polar surface area (TPSA) is 65.6 Å². The highest BCUT2D eigenvalue weighted by Crippen LogP contribution is 2.45. The molecule has 0 spiro atoms. The van der Waals surface area contributed by atoms with Crippen LogP contribution in [0.5, 0.6) is 0 Å². The van der Waals surface area contributed by atoms with E-state index in [4.69, 9.17) is 4.74 Å². The predicted octanol–water partition coefficient (Wildman–Crippen LogP) is 4.56. The first-order valence-corrected chi connectivity index (χ1v) is 10.9. The van der Waals surface area contributed by atoms with Gasteiger partial charge in [-0.25, -0.2) is 0 Å². The number of fused-ring (bicyclic) bond motifs is 2. The van der Waals surface area contributed by atoms with Gasteiger partial charge < -0.3 is 19.7 Å². The number of aromatic nitrogens is 1. The highest BCUT2D eigenvalue weighted by atomic mass is 16.5. The normalized spacial score (nSPS) is 27.4. The average Bonchev–Trinajstić information content (AvgIpc) is 3.40. The summed E-state index contributed by atoms with van der Waals surface area (Å²) in [5.74, 6) is 0.444. The van der Waals surface area contributed by atoms with E-state index in [2.05, 4.69) is 24.0 Å². The summed E-state index contributed by atoms with van der Waals surface area (Å²) in [7, 11) is 0. The second-order valence-electron chi connectivity index (χ2n) is 8.55. The molecule has 0 aliphatic carbocycles. The number of aliphatic hydroxyl groups excluding tert-OH is 1.